The lowest BCUT2D eigenvalue weighted by molar-refractivity contribution is 0.388. The monoisotopic (exact) mass is 263 g/mol. The quantitative estimate of drug-likeness (QED) is 0.871. The molecule has 0 aliphatic carbocycles. The second kappa shape index (κ2) is 5.96. The van der Waals surface area contributed by atoms with E-state index in [0.29, 0.717) is 6.54 Å². The summed E-state index contributed by atoms with van der Waals surface area (Å²) < 4.78 is 5.51. The van der Waals surface area contributed by atoms with Crippen molar-refractivity contribution >= 4 is 0 Å². The molecule has 0 aliphatic heterocycles. The Bertz CT molecular complexity index is 405. The smallest absolute Gasteiger partial charge is 0.122 e. The Balaban J connectivity index is 3.40. The largest absolute Gasteiger partial charge is 0.496 e. The van der Waals surface area contributed by atoms with Crippen molar-refractivity contribution in [2.24, 2.45) is 5.73 Å². The molecular weight excluding hydrogens is 234 g/mol. The first-order chi connectivity index (χ1) is 8.84. The van der Waals surface area contributed by atoms with E-state index < -0.39 is 0 Å². The van der Waals surface area contributed by atoms with Gasteiger partial charge in [0.15, 0.2) is 0 Å². The lowest BCUT2D eigenvalue weighted by atomic mass is 9.73. The predicted molar refractivity (Wildman–Crippen MR) is 83.0 cm³/mol. The third kappa shape index (κ3) is 3.11. The summed E-state index contributed by atoms with van der Waals surface area (Å²) in [6.07, 6.45) is 2.13. The Morgan fingerprint density at radius 2 is 1.68 bits per heavy atom. The molecule has 0 unspecified atom stereocenters. The van der Waals surface area contributed by atoms with Gasteiger partial charge in [0.2, 0.25) is 0 Å². The molecule has 1 aromatic rings. The standard InChI is InChI=1S/C17H29NO/c1-7-17(8-2,12-18)13-9-10-15(19-6)14(11-13)16(3,4)5/h9-11H,7-8,12,18H2,1-6H3. The maximum absolute atomic E-state index is 6.06. The van der Waals surface area contributed by atoms with Crippen LogP contribution in [0.5, 0.6) is 5.75 Å². The Kier molecular flexibility index (Phi) is 5.03. The Morgan fingerprint density at radius 1 is 1.11 bits per heavy atom. The molecule has 0 atom stereocenters. The summed E-state index contributed by atoms with van der Waals surface area (Å²) in [4.78, 5) is 0. The van der Waals surface area contributed by atoms with Gasteiger partial charge in [-0.3, -0.25) is 0 Å². The molecule has 0 saturated carbocycles. The number of nitrogens with two attached hydrogens (primary N) is 1. The van der Waals surface area contributed by atoms with Crippen LogP contribution in [0.15, 0.2) is 18.2 Å². The van der Waals surface area contributed by atoms with E-state index in [1.54, 1.807) is 7.11 Å². The van der Waals surface area contributed by atoms with Crippen LogP contribution in [-0.4, -0.2) is 13.7 Å². The van der Waals surface area contributed by atoms with Crippen LogP contribution in [0.3, 0.4) is 0 Å². The summed E-state index contributed by atoms with van der Waals surface area (Å²) in [6.45, 7) is 11.8. The fourth-order valence-corrected chi connectivity index (χ4v) is 2.69. The van der Waals surface area contributed by atoms with Crippen molar-refractivity contribution in [3.8, 4) is 5.75 Å². The molecule has 0 amide bonds. The van der Waals surface area contributed by atoms with Crippen molar-refractivity contribution < 1.29 is 4.74 Å². The van der Waals surface area contributed by atoms with Crippen molar-refractivity contribution in [1.82, 2.24) is 0 Å². The fourth-order valence-electron chi connectivity index (χ4n) is 2.69. The van der Waals surface area contributed by atoms with Crippen molar-refractivity contribution in [3.63, 3.8) is 0 Å². The van der Waals surface area contributed by atoms with Crippen LogP contribution in [0.2, 0.25) is 0 Å². The van der Waals surface area contributed by atoms with Crippen LogP contribution in [0.25, 0.3) is 0 Å². The van der Waals surface area contributed by atoms with Gasteiger partial charge < -0.3 is 10.5 Å². The van der Waals surface area contributed by atoms with Gasteiger partial charge in [0.05, 0.1) is 7.11 Å². The Labute approximate surface area is 118 Å². The van der Waals surface area contributed by atoms with Gasteiger partial charge in [-0.25, -0.2) is 0 Å². The van der Waals surface area contributed by atoms with Gasteiger partial charge in [0.1, 0.15) is 5.75 Å². The van der Waals surface area contributed by atoms with Gasteiger partial charge in [-0.15, -0.1) is 0 Å². The highest BCUT2D eigenvalue weighted by atomic mass is 16.5. The number of ether oxygens (including phenoxy) is 1. The van der Waals surface area contributed by atoms with E-state index in [1.165, 1.54) is 11.1 Å². The normalized spacial score (nSPS) is 12.6. The van der Waals surface area contributed by atoms with Crippen LogP contribution >= 0.6 is 0 Å². The first-order valence-corrected chi connectivity index (χ1v) is 7.23. The van der Waals surface area contributed by atoms with E-state index in [1.807, 2.05) is 0 Å². The van der Waals surface area contributed by atoms with Crippen molar-refractivity contribution in [2.75, 3.05) is 13.7 Å². The maximum atomic E-state index is 6.06. The van der Waals surface area contributed by atoms with Gasteiger partial charge in [0.25, 0.3) is 0 Å². The van der Waals surface area contributed by atoms with E-state index in [4.69, 9.17) is 10.5 Å². The third-order valence-corrected chi connectivity index (χ3v) is 4.36. The van der Waals surface area contributed by atoms with Crippen molar-refractivity contribution in [1.29, 1.82) is 0 Å². The van der Waals surface area contributed by atoms with E-state index in [-0.39, 0.29) is 10.8 Å². The first-order valence-electron chi connectivity index (χ1n) is 7.23. The SMILES string of the molecule is CCC(CC)(CN)c1ccc(OC)c(C(C)(C)C)c1. The average Bonchev–Trinajstić information content (AvgIpc) is 2.40. The molecule has 0 aromatic heterocycles. The molecular formula is C17H29NO. The molecule has 0 saturated heterocycles. The minimum atomic E-state index is 0.0726. The van der Waals surface area contributed by atoms with E-state index in [9.17, 15) is 0 Å². The zero-order chi connectivity index (χ0) is 14.7. The second-order valence-electron chi connectivity index (χ2n) is 6.36. The minimum Gasteiger partial charge on any atom is -0.496 e. The highest BCUT2D eigenvalue weighted by Crippen LogP contribution is 2.37. The topological polar surface area (TPSA) is 35.2 Å². The van der Waals surface area contributed by atoms with Gasteiger partial charge in [-0.1, -0.05) is 46.8 Å². The highest BCUT2D eigenvalue weighted by molar-refractivity contribution is 5.44. The highest BCUT2D eigenvalue weighted by Gasteiger charge is 2.29. The lowest BCUT2D eigenvalue weighted by Gasteiger charge is -2.33. The number of rotatable bonds is 5. The van der Waals surface area contributed by atoms with Crippen molar-refractivity contribution in [2.45, 2.75) is 58.3 Å². The predicted octanol–water partition coefficient (Wildman–Crippen LogP) is 4.01. The molecule has 2 N–H and O–H groups in total. The molecule has 1 aromatic carbocycles. The average molecular weight is 263 g/mol. The number of hydrogen-bond acceptors (Lipinski definition) is 2. The zero-order valence-corrected chi connectivity index (χ0v) is 13.3. The third-order valence-electron chi connectivity index (χ3n) is 4.36. The molecule has 19 heavy (non-hydrogen) atoms. The summed E-state index contributed by atoms with van der Waals surface area (Å²) in [5.74, 6) is 0.967. The first kappa shape index (κ1) is 16.0. The summed E-state index contributed by atoms with van der Waals surface area (Å²) in [5, 5.41) is 0. The van der Waals surface area contributed by atoms with Crippen LogP contribution < -0.4 is 10.5 Å². The van der Waals surface area contributed by atoms with Gasteiger partial charge in [-0.05, 0) is 35.4 Å². The second-order valence-corrected chi connectivity index (χ2v) is 6.36. The molecule has 0 spiro atoms. The molecule has 0 radical (unpaired) electrons. The van der Waals surface area contributed by atoms with E-state index >= 15 is 0 Å². The van der Waals surface area contributed by atoms with Gasteiger partial charge >= 0.3 is 0 Å². The van der Waals surface area contributed by atoms with E-state index in [0.717, 1.165) is 18.6 Å². The Hall–Kier alpha value is -1.02. The fraction of sp³-hybridized carbons (Fsp3) is 0.647. The molecule has 0 bridgehead atoms. The molecule has 0 heterocycles. The van der Waals surface area contributed by atoms with Crippen LogP contribution in [0, 0.1) is 0 Å². The van der Waals surface area contributed by atoms with E-state index in [2.05, 4.69) is 52.8 Å². The molecule has 0 fully saturated rings. The Morgan fingerprint density at radius 3 is 2.05 bits per heavy atom. The minimum absolute atomic E-state index is 0.0726. The summed E-state index contributed by atoms with van der Waals surface area (Å²) in [5.41, 5.74) is 8.82. The van der Waals surface area contributed by atoms with Crippen LogP contribution in [-0.2, 0) is 10.8 Å². The molecule has 0 aliphatic rings. The maximum Gasteiger partial charge on any atom is 0.122 e. The van der Waals surface area contributed by atoms with Crippen LogP contribution in [0.1, 0.15) is 58.6 Å². The van der Waals surface area contributed by atoms with Gasteiger partial charge in [0, 0.05) is 12.0 Å². The number of hydrogen-bond donors (Lipinski definition) is 1. The van der Waals surface area contributed by atoms with Gasteiger partial charge in [-0.2, -0.15) is 0 Å². The molecule has 2 nitrogen and oxygen atoms in total. The summed E-state index contributed by atoms with van der Waals surface area (Å²) >= 11 is 0. The number of methoxy groups -OCH3 is 1. The molecule has 1 rings (SSSR count). The van der Waals surface area contributed by atoms with Crippen LogP contribution in [0.4, 0.5) is 0 Å². The van der Waals surface area contributed by atoms with Crippen molar-refractivity contribution in [3.05, 3.63) is 29.3 Å². The number of benzene rings is 1. The summed E-state index contributed by atoms with van der Waals surface area (Å²) in [6, 6.07) is 6.55. The summed E-state index contributed by atoms with van der Waals surface area (Å²) in [7, 11) is 1.74. The molecule has 2 heteroatoms. The zero-order valence-electron chi connectivity index (χ0n) is 13.3. The molecule has 108 valence electrons. The lowest BCUT2D eigenvalue weighted by Crippen LogP contribution is -2.34.